The van der Waals surface area contributed by atoms with Crippen LogP contribution in [0.5, 0.6) is 0 Å². The van der Waals surface area contributed by atoms with Crippen LogP contribution in [0.25, 0.3) is 0 Å². The van der Waals surface area contributed by atoms with Crippen LogP contribution in [-0.2, 0) is 28.6 Å². The number of carbonyl (C=O) groups excluding carboxylic acids is 3. The number of carbonyl (C=O) groups is 3. The summed E-state index contributed by atoms with van der Waals surface area (Å²) in [5.41, 5.74) is 0. The number of rotatable bonds is 55. The lowest BCUT2D eigenvalue weighted by atomic mass is 10.0. The molecule has 0 aliphatic rings. The molecular weight excluding hydrogens is 889 g/mol. The Bertz CT molecular complexity index is 1380. The van der Waals surface area contributed by atoms with Gasteiger partial charge in [0.2, 0.25) is 0 Å². The van der Waals surface area contributed by atoms with Gasteiger partial charge in [-0.05, 0) is 83.5 Å². The van der Waals surface area contributed by atoms with Gasteiger partial charge in [0.05, 0.1) is 0 Å². The smallest absolute Gasteiger partial charge is 0.306 e. The van der Waals surface area contributed by atoms with E-state index in [2.05, 4.69) is 99.8 Å². The molecule has 0 aromatic heterocycles. The number of hydrogen-bond donors (Lipinski definition) is 0. The molecule has 0 N–H and O–H groups in total. The Morgan fingerprint density at radius 2 is 0.569 bits per heavy atom. The maximum Gasteiger partial charge on any atom is 0.306 e. The molecule has 72 heavy (non-hydrogen) atoms. The maximum absolute atomic E-state index is 12.9. The first-order chi connectivity index (χ1) is 35.5. The lowest BCUT2D eigenvalue weighted by molar-refractivity contribution is -0.166. The van der Waals surface area contributed by atoms with Gasteiger partial charge in [-0.3, -0.25) is 14.4 Å². The van der Waals surface area contributed by atoms with E-state index in [0.29, 0.717) is 19.3 Å². The molecule has 1 unspecified atom stereocenters. The summed E-state index contributed by atoms with van der Waals surface area (Å²) in [6.07, 6.45) is 78.9. The predicted octanol–water partition coefficient (Wildman–Crippen LogP) is 20.7. The van der Waals surface area contributed by atoms with Crippen molar-refractivity contribution in [2.45, 2.75) is 303 Å². The van der Waals surface area contributed by atoms with E-state index in [1.807, 2.05) is 6.08 Å². The van der Waals surface area contributed by atoms with Gasteiger partial charge in [0.15, 0.2) is 6.10 Å². The van der Waals surface area contributed by atoms with Crippen molar-refractivity contribution in [2.75, 3.05) is 13.2 Å². The van der Waals surface area contributed by atoms with Crippen LogP contribution in [0.4, 0.5) is 0 Å². The molecule has 0 heterocycles. The monoisotopic (exact) mass is 1000 g/mol. The highest BCUT2D eigenvalue weighted by molar-refractivity contribution is 5.71. The zero-order valence-corrected chi connectivity index (χ0v) is 47.4. The van der Waals surface area contributed by atoms with E-state index in [1.54, 1.807) is 0 Å². The molecule has 0 aliphatic carbocycles. The molecule has 0 bridgehead atoms. The maximum atomic E-state index is 12.9. The minimum atomic E-state index is -0.812. The van der Waals surface area contributed by atoms with Crippen molar-refractivity contribution in [3.8, 4) is 0 Å². The molecule has 0 aromatic carbocycles. The van der Waals surface area contributed by atoms with Crippen molar-refractivity contribution in [3.05, 3.63) is 85.1 Å². The standard InChI is InChI=1S/C66H114O6/c1-4-7-10-13-16-19-22-25-27-29-31-32-33-35-36-38-41-44-47-50-53-56-59-65(68)71-62-63(61-70-64(67)58-55-52-49-46-43-40-24-21-18-15-12-9-6-3)72-66(69)60-57-54-51-48-45-42-39-37-34-30-28-26-23-20-17-14-11-8-5-2/h9,12,17-18,20-21,26,28,34,37,40,43,49,52,63H,4-8,10-11,13-16,19,22-25,27,29-33,35-36,38-39,41-42,44-48,50-51,53-62H2,1-3H3/b12-9-,20-17-,21-18-,28-26-,37-34-,43-40-,52-49-. The molecule has 0 aliphatic heterocycles. The first-order valence-corrected chi connectivity index (χ1v) is 30.6. The van der Waals surface area contributed by atoms with Crippen LogP contribution < -0.4 is 0 Å². The fraction of sp³-hybridized carbons (Fsp3) is 0.742. The van der Waals surface area contributed by atoms with Crippen LogP contribution in [0, 0.1) is 0 Å². The summed E-state index contributed by atoms with van der Waals surface area (Å²) in [4.78, 5) is 38.2. The molecule has 0 spiro atoms. The van der Waals surface area contributed by atoms with E-state index in [-0.39, 0.29) is 37.5 Å². The molecule has 0 saturated heterocycles. The van der Waals surface area contributed by atoms with Gasteiger partial charge in [0.25, 0.3) is 0 Å². The van der Waals surface area contributed by atoms with Gasteiger partial charge in [0, 0.05) is 19.3 Å². The molecule has 1 atom stereocenters. The second-order valence-electron chi connectivity index (χ2n) is 20.2. The van der Waals surface area contributed by atoms with Crippen molar-refractivity contribution >= 4 is 17.9 Å². The van der Waals surface area contributed by atoms with Crippen LogP contribution in [0.15, 0.2) is 85.1 Å². The predicted molar refractivity (Wildman–Crippen MR) is 311 cm³/mol. The summed E-state index contributed by atoms with van der Waals surface area (Å²) in [7, 11) is 0. The third-order valence-electron chi connectivity index (χ3n) is 13.1. The van der Waals surface area contributed by atoms with Crippen LogP contribution in [0.3, 0.4) is 0 Å². The van der Waals surface area contributed by atoms with Crippen molar-refractivity contribution in [1.29, 1.82) is 0 Å². The van der Waals surface area contributed by atoms with E-state index >= 15 is 0 Å². The normalized spacial score (nSPS) is 12.7. The van der Waals surface area contributed by atoms with Gasteiger partial charge in [-0.25, -0.2) is 0 Å². The average molecular weight is 1000 g/mol. The average Bonchev–Trinajstić information content (AvgIpc) is 3.38. The highest BCUT2D eigenvalue weighted by Crippen LogP contribution is 2.17. The van der Waals surface area contributed by atoms with E-state index < -0.39 is 6.10 Å². The number of ether oxygens (including phenoxy) is 3. The van der Waals surface area contributed by atoms with E-state index in [4.69, 9.17) is 14.2 Å². The zero-order valence-electron chi connectivity index (χ0n) is 47.4. The first-order valence-electron chi connectivity index (χ1n) is 30.6. The van der Waals surface area contributed by atoms with Crippen molar-refractivity contribution < 1.29 is 28.6 Å². The third kappa shape index (κ3) is 57.5. The molecular formula is C66H114O6. The highest BCUT2D eigenvalue weighted by Gasteiger charge is 2.19. The van der Waals surface area contributed by atoms with E-state index in [1.165, 1.54) is 161 Å². The summed E-state index contributed by atoms with van der Waals surface area (Å²) in [5, 5.41) is 0. The van der Waals surface area contributed by atoms with Crippen molar-refractivity contribution in [2.24, 2.45) is 0 Å². The van der Waals surface area contributed by atoms with E-state index in [9.17, 15) is 14.4 Å². The molecule has 6 heteroatoms. The quantitative estimate of drug-likeness (QED) is 0.0261. The Morgan fingerprint density at radius 1 is 0.292 bits per heavy atom. The largest absolute Gasteiger partial charge is 0.462 e. The fourth-order valence-electron chi connectivity index (χ4n) is 8.58. The number of unbranched alkanes of at least 4 members (excludes halogenated alkanes) is 30. The van der Waals surface area contributed by atoms with Crippen LogP contribution in [0.1, 0.15) is 297 Å². The zero-order chi connectivity index (χ0) is 52.2. The second-order valence-corrected chi connectivity index (χ2v) is 20.2. The molecule has 0 rings (SSSR count). The van der Waals surface area contributed by atoms with Gasteiger partial charge in [0.1, 0.15) is 13.2 Å². The van der Waals surface area contributed by atoms with Crippen LogP contribution in [0.2, 0.25) is 0 Å². The highest BCUT2D eigenvalue weighted by atomic mass is 16.6. The van der Waals surface area contributed by atoms with E-state index in [0.717, 1.165) is 89.9 Å². The third-order valence-corrected chi connectivity index (χ3v) is 13.1. The lowest BCUT2D eigenvalue weighted by Crippen LogP contribution is -2.30. The summed E-state index contributed by atoms with van der Waals surface area (Å²) < 4.78 is 16.8. The Balaban J connectivity index is 4.38. The second kappa shape index (κ2) is 60.1. The van der Waals surface area contributed by atoms with Gasteiger partial charge in [-0.2, -0.15) is 0 Å². The van der Waals surface area contributed by atoms with Crippen LogP contribution >= 0.6 is 0 Å². The van der Waals surface area contributed by atoms with Crippen LogP contribution in [-0.4, -0.2) is 37.2 Å². The molecule has 0 fully saturated rings. The fourth-order valence-corrected chi connectivity index (χ4v) is 8.58. The molecule has 0 aromatic rings. The number of allylic oxidation sites excluding steroid dienone is 14. The molecule has 0 radical (unpaired) electrons. The Morgan fingerprint density at radius 3 is 0.958 bits per heavy atom. The summed E-state index contributed by atoms with van der Waals surface area (Å²) in [6, 6.07) is 0. The first kappa shape index (κ1) is 68.6. The SMILES string of the molecule is CC/C=C\C/C=C\C/C=C\C/C=C\CCC(=O)OCC(COC(=O)CCCCCCCCCCCCCCCCCCCCCCCC)OC(=O)CCCCCCCC/C=C\C/C=C\C/C=C\CCCCC. The molecule has 0 saturated carbocycles. The number of hydrogen-bond acceptors (Lipinski definition) is 6. The molecule has 0 amide bonds. The Labute approximate surface area is 445 Å². The molecule has 414 valence electrons. The summed E-state index contributed by atoms with van der Waals surface area (Å²) in [5.74, 6) is -0.990. The number of esters is 3. The van der Waals surface area contributed by atoms with Crippen molar-refractivity contribution in [3.63, 3.8) is 0 Å². The molecule has 6 nitrogen and oxygen atoms in total. The minimum Gasteiger partial charge on any atom is -0.462 e. The summed E-state index contributed by atoms with van der Waals surface area (Å²) in [6.45, 7) is 6.45. The van der Waals surface area contributed by atoms with Gasteiger partial charge in [-0.15, -0.1) is 0 Å². The van der Waals surface area contributed by atoms with Gasteiger partial charge in [-0.1, -0.05) is 279 Å². The van der Waals surface area contributed by atoms with Gasteiger partial charge < -0.3 is 14.2 Å². The van der Waals surface area contributed by atoms with Crippen molar-refractivity contribution in [1.82, 2.24) is 0 Å². The Hall–Kier alpha value is -3.41. The summed E-state index contributed by atoms with van der Waals surface area (Å²) >= 11 is 0. The Kier molecular flexibility index (Phi) is 57.3. The lowest BCUT2D eigenvalue weighted by Gasteiger charge is -2.18. The minimum absolute atomic E-state index is 0.102. The van der Waals surface area contributed by atoms with Gasteiger partial charge >= 0.3 is 17.9 Å². The topological polar surface area (TPSA) is 78.9 Å².